The van der Waals surface area contributed by atoms with Crippen LogP contribution in [0.1, 0.15) is 15.9 Å². The van der Waals surface area contributed by atoms with E-state index in [-0.39, 0.29) is 12.3 Å². The first kappa shape index (κ1) is 18.4. The SMILES string of the molecule is O=C(OCc1ccc(Oc2ccc([N+](=O)[O-])cc2)cc1)c1ccc(Cl)cc1. The van der Waals surface area contributed by atoms with Crippen LogP contribution < -0.4 is 4.74 Å². The zero-order chi connectivity index (χ0) is 19.2. The van der Waals surface area contributed by atoms with Gasteiger partial charge in [0.25, 0.3) is 5.69 Å². The van der Waals surface area contributed by atoms with Crippen molar-refractivity contribution in [3.8, 4) is 11.5 Å². The Hall–Kier alpha value is -3.38. The lowest BCUT2D eigenvalue weighted by Crippen LogP contribution is -2.04. The molecule has 0 amide bonds. The van der Waals surface area contributed by atoms with Gasteiger partial charge in [0.05, 0.1) is 10.5 Å². The predicted molar refractivity (Wildman–Crippen MR) is 100 cm³/mol. The molecule has 0 fully saturated rings. The minimum atomic E-state index is -0.468. The van der Waals surface area contributed by atoms with Crippen LogP contribution in [0.4, 0.5) is 5.69 Å². The van der Waals surface area contributed by atoms with Gasteiger partial charge < -0.3 is 9.47 Å². The fourth-order valence-corrected chi connectivity index (χ4v) is 2.37. The summed E-state index contributed by atoms with van der Waals surface area (Å²) in [4.78, 5) is 22.2. The molecule has 3 aromatic carbocycles. The molecule has 0 saturated heterocycles. The highest BCUT2D eigenvalue weighted by Crippen LogP contribution is 2.24. The highest BCUT2D eigenvalue weighted by Gasteiger charge is 2.08. The van der Waals surface area contributed by atoms with Gasteiger partial charge in [-0.2, -0.15) is 0 Å². The highest BCUT2D eigenvalue weighted by atomic mass is 35.5. The van der Waals surface area contributed by atoms with Crippen LogP contribution >= 0.6 is 11.6 Å². The number of carbonyl (C=O) groups excluding carboxylic acids is 1. The number of nitro groups is 1. The van der Waals surface area contributed by atoms with Crippen molar-refractivity contribution in [2.75, 3.05) is 0 Å². The third-order valence-corrected chi connectivity index (χ3v) is 3.91. The van der Waals surface area contributed by atoms with Gasteiger partial charge in [-0.05, 0) is 54.1 Å². The molecule has 0 bridgehead atoms. The summed E-state index contributed by atoms with van der Waals surface area (Å²) in [7, 11) is 0. The van der Waals surface area contributed by atoms with Gasteiger partial charge in [0.2, 0.25) is 0 Å². The summed E-state index contributed by atoms with van der Waals surface area (Å²) in [6.07, 6.45) is 0. The molecule has 0 saturated carbocycles. The summed E-state index contributed by atoms with van der Waals surface area (Å²) in [6, 6.07) is 19.3. The molecule has 0 aliphatic carbocycles. The van der Waals surface area contributed by atoms with E-state index in [0.717, 1.165) is 5.56 Å². The lowest BCUT2D eigenvalue weighted by Gasteiger charge is -2.08. The molecule has 0 aliphatic rings. The number of rotatable bonds is 6. The summed E-state index contributed by atoms with van der Waals surface area (Å²) in [5.74, 6) is 0.622. The second-order valence-corrected chi connectivity index (χ2v) is 6.02. The lowest BCUT2D eigenvalue weighted by molar-refractivity contribution is -0.384. The molecule has 0 unspecified atom stereocenters. The van der Waals surface area contributed by atoms with E-state index in [0.29, 0.717) is 22.1 Å². The maximum atomic E-state index is 12.0. The molecular weight excluding hydrogens is 370 g/mol. The van der Waals surface area contributed by atoms with Crippen LogP contribution in [-0.2, 0) is 11.3 Å². The Morgan fingerprint density at radius 3 is 2.00 bits per heavy atom. The van der Waals surface area contributed by atoms with Crippen molar-refractivity contribution in [2.45, 2.75) is 6.61 Å². The Balaban J connectivity index is 1.56. The van der Waals surface area contributed by atoms with Gasteiger partial charge in [-0.3, -0.25) is 10.1 Å². The number of ether oxygens (including phenoxy) is 2. The maximum absolute atomic E-state index is 12.0. The van der Waals surface area contributed by atoms with Crippen molar-refractivity contribution in [1.29, 1.82) is 0 Å². The van der Waals surface area contributed by atoms with Gasteiger partial charge in [-0.1, -0.05) is 23.7 Å². The molecule has 3 aromatic rings. The van der Waals surface area contributed by atoms with Crippen molar-refractivity contribution >= 4 is 23.3 Å². The third-order valence-electron chi connectivity index (χ3n) is 3.66. The van der Waals surface area contributed by atoms with Crippen LogP contribution in [0.25, 0.3) is 0 Å². The van der Waals surface area contributed by atoms with E-state index in [2.05, 4.69) is 0 Å². The number of nitro benzene ring substituents is 1. The number of halogens is 1. The Labute approximate surface area is 160 Å². The van der Waals surface area contributed by atoms with Crippen LogP contribution in [0.2, 0.25) is 5.02 Å². The smallest absolute Gasteiger partial charge is 0.338 e. The topological polar surface area (TPSA) is 78.7 Å². The van der Waals surface area contributed by atoms with E-state index >= 15 is 0 Å². The van der Waals surface area contributed by atoms with Crippen LogP contribution in [0.5, 0.6) is 11.5 Å². The Morgan fingerprint density at radius 2 is 1.44 bits per heavy atom. The molecule has 0 aliphatic heterocycles. The van der Waals surface area contributed by atoms with Crippen molar-refractivity contribution in [3.05, 3.63) is 99.1 Å². The summed E-state index contributed by atoms with van der Waals surface area (Å²) in [6.45, 7) is 0.124. The number of nitrogens with zero attached hydrogens (tertiary/aromatic N) is 1. The predicted octanol–water partition coefficient (Wildman–Crippen LogP) is 5.40. The number of benzene rings is 3. The van der Waals surface area contributed by atoms with E-state index in [1.54, 1.807) is 48.5 Å². The fraction of sp³-hybridized carbons (Fsp3) is 0.0500. The lowest BCUT2D eigenvalue weighted by atomic mass is 10.2. The minimum absolute atomic E-state index is 0.000186. The summed E-state index contributed by atoms with van der Waals surface area (Å²) in [5, 5.41) is 11.2. The second-order valence-electron chi connectivity index (χ2n) is 5.58. The number of esters is 1. The first-order valence-corrected chi connectivity index (χ1v) is 8.33. The minimum Gasteiger partial charge on any atom is -0.457 e. The van der Waals surface area contributed by atoms with E-state index in [4.69, 9.17) is 21.1 Å². The van der Waals surface area contributed by atoms with Crippen LogP contribution in [0.15, 0.2) is 72.8 Å². The van der Waals surface area contributed by atoms with Crippen molar-refractivity contribution in [2.24, 2.45) is 0 Å². The van der Waals surface area contributed by atoms with E-state index in [9.17, 15) is 14.9 Å². The molecule has 3 rings (SSSR count). The third kappa shape index (κ3) is 5.05. The summed E-state index contributed by atoms with van der Waals surface area (Å²) < 4.78 is 10.9. The van der Waals surface area contributed by atoms with E-state index in [1.165, 1.54) is 24.3 Å². The Kier molecular flexibility index (Phi) is 5.68. The van der Waals surface area contributed by atoms with Crippen molar-refractivity contribution in [1.82, 2.24) is 0 Å². The van der Waals surface area contributed by atoms with E-state index < -0.39 is 10.9 Å². The van der Waals surface area contributed by atoms with Gasteiger partial charge in [0, 0.05) is 17.2 Å². The molecule has 0 radical (unpaired) electrons. The molecule has 0 heterocycles. The van der Waals surface area contributed by atoms with Gasteiger partial charge >= 0.3 is 5.97 Å². The number of carbonyl (C=O) groups is 1. The Bertz CT molecular complexity index is 938. The summed E-state index contributed by atoms with van der Waals surface area (Å²) in [5.41, 5.74) is 1.23. The molecular formula is C20H14ClNO5. The average Bonchev–Trinajstić information content (AvgIpc) is 2.68. The van der Waals surface area contributed by atoms with Crippen LogP contribution in [-0.4, -0.2) is 10.9 Å². The number of hydrogen-bond acceptors (Lipinski definition) is 5. The van der Waals surface area contributed by atoms with Crippen molar-refractivity contribution in [3.63, 3.8) is 0 Å². The molecule has 6 nitrogen and oxygen atoms in total. The molecule has 0 spiro atoms. The highest BCUT2D eigenvalue weighted by molar-refractivity contribution is 6.30. The van der Waals surface area contributed by atoms with E-state index in [1.807, 2.05) is 0 Å². The second kappa shape index (κ2) is 8.33. The maximum Gasteiger partial charge on any atom is 0.338 e. The van der Waals surface area contributed by atoms with Gasteiger partial charge in [-0.15, -0.1) is 0 Å². The fourth-order valence-electron chi connectivity index (χ4n) is 2.24. The van der Waals surface area contributed by atoms with Crippen LogP contribution in [0, 0.1) is 10.1 Å². The number of non-ortho nitro benzene ring substituents is 1. The first-order valence-electron chi connectivity index (χ1n) is 7.95. The summed E-state index contributed by atoms with van der Waals surface area (Å²) >= 11 is 5.79. The number of hydrogen-bond donors (Lipinski definition) is 0. The average molecular weight is 384 g/mol. The van der Waals surface area contributed by atoms with Gasteiger partial charge in [-0.25, -0.2) is 4.79 Å². The zero-order valence-electron chi connectivity index (χ0n) is 14.0. The molecule has 136 valence electrons. The van der Waals surface area contributed by atoms with Crippen LogP contribution in [0.3, 0.4) is 0 Å². The Morgan fingerprint density at radius 1 is 0.889 bits per heavy atom. The molecule has 0 atom stereocenters. The van der Waals surface area contributed by atoms with Crippen molar-refractivity contribution < 1.29 is 19.2 Å². The molecule has 7 heteroatoms. The first-order chi connectivity index (χ1) is 13.0. The normalized spacial score (nSPS) is 10.3. The quantitative estimate of drug-likeness (QED) is 0.323. The van der Waals surface area contributed by atoms with Gasteiger partial charge in [0.15, 0.2) is 0 Å². The largest absolute Gasteiger partial charge is 0.457 e. The molecule has 0 N–H and O–H groups in total. The monoisotopic (exact) mass is 383 g/mol. The zero-order valence-corrected chi connectivity index (χ0v) is 14.8. The molecule has 0 aromatic heterocycles. The molecule has 27 heavy (non-hydrogen) atoms. The van der Waals surface area contributed by atoms with Gasteiger partial charge in [0.1, 0.15) is 18.1 Å². The standard InChI is InChI=1S/C20H14ClNO5/c21-16-5-3-15(4-6-16)20(23)26-13-14-1-9-18(10-2-14)27-19-11-7-17(8-12-19)22(24)25/h1-12H,13H2.